The number of hydrogen-bond acceptors (Lipinski definition) is 7. The standard InChI is InChI=1S/C22H21F2N5O3S/c1-10-19(11(2)32-29-10)18-7-22(4,28-20(33-18)27-21(30)31)15-5-14(16(23)6-17(15)24)13-8-25-12(3)26-9-13/h5-6,8-9,18H,7H2,1-4H3,(H,27,28)(H,30,31)/t18-,22-/m0/s1. The van der Waals surface area contributed by atoms with E-state index in [0.717, 1.165) is 11.6 Å². The summed E-state index contributed by atoms with van der Waals surface area (Å²) in [7, 11) is 0. The SMILES string of the molecule is Cc1ncc(-c2cc([C@]3(C)C[C@@H](c4c(C)noc4C)SC(NC(=O)O)=N3)c(F)cc2F)cn1. The highest BCUT2D eigenvalue weighted by Gasteiger charge is 2.40. The lowest BCUT2D eigenvalue weighted by molar-refractivity contribution is 0.200. The summed E-state index contributed by atoms with van der Waals surface area (Å²) in [5, 5.41) is 15.3. The fraction of sp³-hybridized carbons (Fsp3) is 0.318. The highest BCUT2D eigenvalue weighted by atomic mass is 32.2. The van der Waals surface area contributed by atoms with Gasteiger partial charge in [0.15, 0.2) is 5.17 Å². The Hall–Kier alpha value is -3.34. The molecule has 0 radical (unpaired) electrons. The van der Waals surface area contributed by atoms with Crippen LogP contribution in [-0.4, -0.2) is 31.5 Å². The zero-order valence-corrected chi connectivity index (χ0v) is 19.1. The summed E-state index contributed by atoms with van der Waals surface area (Å²) in [6.45, 7) is 6.94. The number of rotatable bonds is 3. The van der Waals surface area contributed by atoms with Crippen LogP contribution in [0, 0.1) is 32.4 Å². The maximum absolute atomic E-state index is 15.1. The van der Waals surface area contributed by atoms with Gasteiger partial charge in [-0.15, -0.1) is 0 Å². The number of aromatic nitrogens is 3. The number of carboxylic acid groups (broad SMARTS) is 1. The van der Waals surface area contributed by atoms with E-state index >= 15 is 4.39 Å². The maximum Gasteiger partial charge on any atom is 0.410 e. The number of thioether (sulfide) groups is 1. The van der Waals surface area contributed by atoms with Crippen LogP contribution in [0.3, 0.4) is 0 Å². The van der Waals surface area contributed by atoms with Gasteiger partial charge in [-0.1, -0.05) is 16.9 Å². The average molecular weight is 474 g/mol. The van der Waals surface area contributed by atoms with E-state index in [9.17, 15) is 14.3 Å². The second kappa shape index (κ2) is 8.54. The van der Waals surface area contributed by atoms with Crippen LogP contribution in [0.25, 0.3) is 11.1 Å². The van der Waals surface area contributed by atoms with Gasteiger partial charge in [0.2, 0.25) is 0 Å². The molecule has 2 aromatic heterocycles. The number of nitrogens with zero attached hydrogens (tertiary/aromatic N) is 4. The minimum absolute atomic E-state index is 0.102. The van der Waals surface area contributed by atoms with E-state index in [2.05, 4.69) is 25.4 Å². The van der Waals surface area contributed by atoms with Gasteiger partial charge in [-0.05, 0) is 40.2 Å². The summed E-state index contributed by atoms with van der Waals surface area (Å²) in [5.74, 6) is -0.433. The Bertz CT molecular complexity index is 1240. The molecule has 2 atom stereocenters. The molecule has 33 heavy (non-hydrogen) atoms. The van der Waals surface area contributed by atoms with Gasteiger partial charge >= 0.3 is 6.09 Å². The zero-order chi connectivity index (χ0) is 23.9. The molecule has 8 nitrogen and oxygen atoms in total. The molecule has 1 amide bonds. The van der Waals surface area contributed by atoms with Crippen LogP contribution in [0.5, 0.6) is 0 Å². The van der Waals surface area contributed by atoms with Crippen LogP contribution in [-0.2, 0) is 5.54 Å². The van der Waals surface area contributed by atoms with Crippen molar-refractivity contribution in [1.29, 1.82) is 0 Å². The zero-order valence-electron chi connectivity index (χ0n) is 18.3. The number of benzene rings is 1. The van der Waals surface area contributed by atoms with E-state index < -0.39 is 23.3 Å². The first-order valence-corrected chi connectivity index (χ1v) is 10.9. The second-order valence-electron chi connectivity index (χ2n) is 8.00. The van der Waals surface area contributed by atoms with Gasteiger partial charge in [0, 0.05) is 46.0 Å². The van der Waals surface area contributed by atoms with E-state index in [1.165, 1.54) is 30.2 Å². The largest absolute Gasteiger partial charge is 0.465 e. The molecule has 0 bridgehead atoms. The summed E-state index contributed by atoms with van der Waals surface area (Å²) in [4.78, 5) is 24.1. The highest BCUT2D eigenvalue weighted by molar-refractivity contribution is 8.14. The number of halogens is 2. The number of amidine groups is 1. The first-order valence-electron chi connectivity index (χ1n) is 10.0. The molecule has 1 aromatic carbocycles. The Morgan fingerprint density at radius 2 is 1.91 bits per heavy atom. The highest BCUT2D eigenvalue weighted by Crippen LogP contribution is 2.49. The molecule has 0 unspecified atom stereocenters. The Morgan fingerprint density at radius 3 is 2.52 bits per heavy atom. The molecular formula is C22H21F2N5O3S. The summed E-state index contributed by atoms with van der Waals surface area (Å²) < 4.78 is 35.1. The topological polar surface area (TPSA) is 114 Å². The third-order valence-corrected chi connectivity index (χ3v) is 6.64. The molecule has 3 heterocycles. The van der Waals surface area contributed by atoms with Crippen LogP contribution in [0.1, 0.15) is 47.0 Å². The monoisotopic (exact) mass is 473 g/mol. The lowest BCUT2D eigenvalue weighted by atomic mass is 9.84. The number of nitrogens with one attached hydrogen (secondary N) is 1. The second-order valence-corrected chi connectivity index (χ2v) is 9.19. The maximum atomic E-state index is 15.1. The summed E-state index contributed by atoms with van der Waals surface area (Å²) in [6, 6.07) is 2.20. The Labute approximate surface area is 192 Å². The summed E-state index contributed by atoms with van der Waals surface area (Å²) in [6.07, 6.45) is 1.95. The molecular weight excluding hydrogens is 452 g/mol. The number of carbonyl (C=O) groups is 1. The van der Waals surface area contributed by atoms with Crippen molar-refractivity contribution in [1.82, 2.24) is 20.4 Å². The van der Waals surface area contributed by atoms with Crippen molar-refractivity contribution >= 4 is 23.0 Å². The molecule has 172 valence electrons. The van der Waals surface area contributed by atoms with Gasteiger partial charge in [0.1, 0.15) is 23.2 Å². The van der Waals surface area contributed by atoms with Crippen molar-refractivity contribution in [2.24, 2.45) is 4.99 Å². The van der Waals surface area contributed by atoms with Gasteiger partial charge in [0.25, 0.3) is 0 Å². The quantitative estimate of drug-likeness (QED) is 0.547. The van der Waals surface area contributed by atoms with Gasteiger partial charge in [-0.25, -0.2) is 23.5 Å². The number of aryl methyl sites for hydroxylation is 3. The van der Waals surface area contributed by atoms with Gasteiger partial charge in [0.05, 0.1) is 11.2 Å². The molecule has 11 heteroatoms. The van der Waals surface area contributed by atoms with Gasteiger partial charge < -0.3 is 9.63 Å². The van der Waals surface area contributed by atoms with Crippen LogP contribution < -0.4 is 5.32 Å². The lowest BCUT2D eigenvalue weighted by Crippen LogP contribution is -2.36. The molecule has 1 aliphatic heterocycles. The molecule has 0 spiro atoms. The smallest absolute Gasteiger partial charge is 0.410 e. The molecule has 1 aliphatic rings. The van der Waals surface area contributed by atoms with Crippen LogP contribution in [0.15, 0.2) is 34.0 Å². The molecule has 3 aromatic rings. The van der Waals surface area contributed by atoms with Crippen LogP contribution in [0.2, 0.25) is 0 Å². The fourth-order valence-corrected chi connectivity index (χ4v) is 5.51. The normalized spacial score (nSPS) is 20.4. The third kappa shape index (κ3) is 4.45. The summed E-state index contributed by atoms with van der Waals surface area (Å²) in [5.41, 5.74) is 0.885. The minimum atomic E-state index is -1.29. The molecule has 0 saturated heterocycles. The third-order valence-electron chi connectivity index (χ3n) is 5.54. The number of aliphatic imine (C=N–C) groups is 1. The van der Waals surface area contributed by atoms with E-state index in [1.807, 2.05) is 0 Å². The van der Waals surface area contributed by atoms with Crippen molar-refractivity contribution in [3.8, 4) is 11.1 Å². The Morgan fingerprint density at radius 1 is 1.21 bits per heavy atom. The molecule has 2 N–H and O–H groups in total. The first-order chi connectivity index (χ1) is 15.6. The van der Waals surface area contributed by atoms with E-state index in [1.54, 1.807) is 27.7 Å². The van der Waals surface area contributed by atoms with Crippen molar-refractivity contribution < 1.29 is 23.2 Å². The van der Waals surface area contributed by atoms with Gasteiger partial charge in [-0.3, -0.25) is 10.3 Å². The van der Waals surface area contributed by atoms with Crippen molar-refractivity contribution in [2.75, 3.05) is 0 Å². The Kier molecular flexibility index (Phi) is 5.91. The van der Waals surface area contributed by atoms with E-state index in [0.29, 0.717) is 29.3 Å². The predicted molar refractivity (Wildman–Crippen MR) is 119 cm³/mol. The van der Waals surface area contributed by atoms with Crippen LogP contribution in [0.4, 0.5) is 13.6 Å². The molecule has 4 rings (SSSR count). The average Bonchev–Trinajstić information content (AvgIpc) is 3.06. The van der Waals surface area contributed by atoms with Crippen molar-refractivity contribution in [3.05, 3.63) is 64.6 Å². The molecule has 0 fully saturated rings. The predicted octanol–water partition coefficient (Wildman–Crippen LogP) is 5.05. The lowest BCUT2D eigenvalue weighted by Gasteiger charge is -2.35. The van der Waals surface area contributed by atoms with Crippen molar-refractivity contribution in [2.45, 2.75) is 44.9 Å². The van der Waals surface area contributed by atoms with Crippen LogP contribution >= 0.6 is 11.8 Å². The van der Waals surface area contributed by atoms with Crippen molar-refractivity contribution in [3.63, 3.8) is 0 Å². The summed E-state index contributed by atoms with van der Waals surface area (Å²) >= 11 is 1.20. The number of amides is 1. The minimum Gasteiger partial charge on any atom is -0.465 e. The molecule has 0 aliphatic carbocycles. The number of hydrogen-bond donors (Lipinski definition) is 2. The fourth-order valence-electron chi connectivity index (χ4n) is 3.98. The first kappa shape index (κ1) is 22.8. The van der Waals surface area contributed by atoms with E-state index in [-0.39, 0.29) is 21.5 Å². The van der Waals surface area contributed by atoms with Gasteiger partial charge in [-0.2, -0.15) is 0 Å². The molecule has 0 saturated carbocycles. The Balaban J connectivity index is 1.85. The van der Waals surface area contributed by atoms with E-state index in [4.69, 9.17) is 4.52 Å².